The smallest absolute Gasteiger partial charge is 0.326 e. The van der Waals surface area contributed by atoms with Crippen molar-refractivity contribution in [2.24, 2.45) is 0 Å². The van der Waals surface area contributed by atoms with Crippen molar-refractivity contribution in [2.75, 3.05) is 0 Å². The number of amides is 1. The molecule has 2 rings (SSSR count). The van der Waals surface area contributed by atoms with Crippen LogP contribution in [0, 0.1) is 0 Å². The van der Waals surface area contributed by atoms with Crippen molar-refractivity contribution in [2.45, 2.75) is 18.9 Å². The van der Waals surface area contributed by atoms with E-state index in [4.69, 9.17) is 5.11 Å². The molecule has 1 unspecified atom stereocenters. The Kier molecular flexibility index (Phi) is 4.14. The monoisotopic (exact) mass is 273 g/mol. The van der Waals surface area contributed by atoms with Gasteiger partial charge in [-0.3, -0.25) is 4.79 Å². The fourth-order valence-corrected chi connectivity index (χ4v) is 1.87. The van der Waals surface area contributed by atoms with E-state index >= 15 is 0 Å². The number of carboxylic acids is 1. The molecule has 0 spiro atoms. The van der Waals surface area contributed by atoms with Crippen molar-refractivity contribution in [3.05, 3.63) is 48.9 Å². The van der Waals surface area contributed by atoms with Gasteiger partial charge in [0.2, 0.25) is 5.91 Å². The fourth-order valence-electron chi connectivity index (χ4n) is 1.87. The summed E-state index contributed by atoms with van der Waals surface area (Å²) in [6.07, 6.45) is 5.28. The third-order valence-corrected chi connectivity index (χ3v) is 2.79. The predicted octanol–water partition coefficient (Wildman–Crippen LogP) is 1.02. The summed E-state index contributed by atoms with van der Waals surface area (Å²) in [5, 5.41) is 11.4. The molecule has 104 valence electrons. The van der Waals surface area contributed by atoms with E-state index in [9.17, 15) is 9.59 Å². The van der Waals surface area contributed by atoms with Gasteiger partial charge < -0.3 is 14.8 Å². The number of rotatable bonds is 6. The lowest BCUT2D eigenvalue weighted by Crippen LogP contribution is -2.41. The molecule has 0 radical (unpaired) electrons. The van der Waals surface area contributed by atoms with Gasteiger partial charge in [-0.25, -0.2) is 9.78 Å². The first-order valence-electron chi connectivity index (χ1n) is 6.16. The van der Waals surface area contributed by atoms with E-state index in [0.717, 1.165) is 5.65 Å². The second-order valence-corrected chi connectivity index (χ2v) is 4.36. The Balaban J connectivity index is 2.03. The number of carboxylic acid groups (broad SMARTS) is 1. The van der Waals surface area contributed by atoms with Gasteiger partial charge in [0.25, 0.3) is 0 Å². The molecule has 0 saturated carbocycles. The Labute approximate surface area is 115 Å². The molecular weight excluding hydrogens is 258 g/mol. The Morgan fingerprint density at radius 3 is 2.95 bits per heavy atom. The summed E-state index contributed by atoms with van der Waals surface area (Å²) in [6, 6.07) is 4.61. The molecule has 0 aromatic carbocycles. The number of aliphatic carboxylic acids is 1. The lowest BCUT2D eigenvalue weighted by molar-refractivity contribution is -0.141. The van der Waals surface area contributed by atoms with Crippen molar-refractivity contribution in [1.82, 2.24) is 14.7 Å². The number of carbonyl (C=O) groups excluding carboxylic acids is 1. The maximum absolute atomic E-state index is 11.8. The Morgan fingerprint density at radius 1 is 1.50 bits per heavy atom. The lowest BCUT2D eigenvalue weighted by atomic mass is 10.2. The van der Waals surface area contributed by atoms with Gasteiger partial charge >= 0.3 is 5.97 Å². The molecule has 0 aliphatic carbocycles. The maximum Gasteiger partial charge on any atom is 0.326 e. The zero-order valence-electron chi connectivity index (χ0n) is 10.8. The topological polar surface area (TPSA) is 83.7 Å². The number of carbonyl (C=O) groups is 2. The highest BCUT2D eigenvalue weighted by Crippen LogP contribution is 2.05. The van der Waals surface area contributed by atoms with Gasteiger partial charge in [-0.2, -0.15) is 0 Å². The molecule has 2 heterocycles. The van der Waals surface area contributed by atoms with Crippen LogP contribution in [0.3, 0.4) is 0 Å². The van der Waals surface area contributed by atoms with Gasteiger partial charge in [0, 0.05) is 12.4 Å². The Morgan fingerprint density at radius 2 is 2.30 bits per heavy atom. The molecule has 0 aliphatic heterocycles. The summed E-state index contributed by atoms with van der Waals surface area (Å²) in [4.78, 5) is 27.0. The Hall–Kier alpha value is -2.63. The molecule has 0 fully saturated rings. The van der Waals surface area contributed by atoms with Gasteiger partial charge in [0.1, 0.15) is 11.7 Å². The van der Waals surface area contributed by atoms with E-state index in [1.165, 1.54) is 6.08 Å². The quantitative estimate of drug-likeness (QED) is 0.770. The number of nitrogens with one attached hydrogen (secondary N) is 1. The van der Waals surface area contributed by atoms with Crippen LogP contribution in [0.1, 0.15) is 12.1 Å². The minimum absolute atomic E-state index is 0.0442. The number of aromatic nitrogens is 2. The molecule has 2 aromatic rings. The normalized spacial score (nSPS) is 12.0. The molecule has 1 amide bonds. The summed E-state index contributed by atoms with van der Waals surface area (Å²) < 4.78 is 1.81. The number of fused-ring (bicyclic) bond motifs is 1. The first-order chi connectivity index (χ1) is 9.60. The second kappa shape index (κ2) is 6.01. The number of nitrogens with zero attached hydrogens (tertiary/aromatic N) is 2. The van der Waals surface area contributed by atoms with Crippen molar-refractivity contribution in [3.8, 4) is 0 Å². The van der Waals surface area contributed by atoms with Crippen LogP contribution in [0.15, 0.2) is 43.2 Å². The Bertz CT molecular complexity index is 615. The fraction of sp³-hybridized carbons (Fsp3) is 0.214. The molecule has 6 nitrogen and oxygen atoms in total. The van der Waals surface area contributed by atoms with Crippen LogP contribution < -0.4 is 5.32 Å². The summed E-state index contributed by atoms with van der Waals surface area (Å²) >= 11 is 0. The van der Waals surface area contributed by atoms with E-state index in [2.05, 4.69) is 16.9 Å². The molecule has 0 saturated heterocycles. The zero-order chi connectivity index (χ0) is 14.5. The minimum atomic E-state index is -1.08. The van der Waals surface area contributed by atoms with E-state index in [1.54, 1.807) is 10.6 Å². The predicted molar refractivity (Wildman–Crippen MR) is 73.3 cm³/mol. The maximum atomic E-state index is 11.8. The molecule has 0 bridgehead atoms. The highest BCUT2D eigenvalue weighted by molar-refractivity contribution is 5.84. The van der Waals surface area contributed by atoms with Gasteiger partial charge in [-0.1, -0.05) is 12.1 Å². The van der Waals surface area contributed by atoms with Crippen LogP contribution in [0.4, 0.5) is 0 Å². The van der Waals surface area contributed by atoms with Crippen molar-refractivity contribution < 1.29 is 14.7 Å². The highest BCUT2D eigenvalue weighted by atomic mass is 16.4. The van der Waals surface area contributed by atoms with Crippen LogP contribution in [-0.2, 0) is 16.0 Å². The van der Waals surface area contributed by atoms with Gasteiger partial charge in [-0.15, -0.1) is 6.58 Å². The molecular formula is C14H15N3O3. The largest absolute Gasteiger partial charge is 0.480 e. The number of pyridine rings is 1. The number of hydrogen-bond donors (Lipinski definition) is 2. The molecule has 2 N–H and O–H groups in total. The third-order valence-electron chi connectivity index (χ3n) is 2.79. The van der Waals surface area contributed by atoms with Crippen LogP contribution in [-0.4, -0.2) is 32.4 Å². The van der Waals surface area contributed by atoms with E-state index < -0.39 is 12.0 Å². The van der Waals surface area contributed by atoms with E-state index in [1.807, 2.05) is 24.4 Å². The number of hydrogen-bond acceptors (Lipinski definition) is 3. The van der Waals surface area contributed by atoms with Crippen molar-refractivity contribution in [1.29, 1.82) is 0 Å². The van der Waals surface area contributed by atoms with E-state index in [-0.39, 0.29) is 18.7 Å². The van der Waals surface area contributed by atoms with Crippen LogP contribution in [0.25, 0.3) is 5.65 Å². The standard InChI is InChI=1S/C14H15N3O3/c1-2-5-11(14(19)20)16-13(18)8-10-9-17-7-4-3-6-12(17)15-10/h2-4,6-7,9,11H,1,5,8H2,(H,16,18)(H,19,20). The zero-order valence-corrected chi connectivity index (χ0v) is 10.8. The van der Waals surface area contributed by atoms with Crippen LogP contribution >= 0.6 is 0 Å². The average molecular weight is 273 g/mol. The summed E-state index contributed by atoms with van der Waals surface area (Å²) in [5.41, 5.74) is 1.34. The first kappa shape index (κ1) is 13.8. The van der Waals surface area contributed by atoms with Crippen LogP contribution in [0.2, 0.25) is 0 Å². The minimum Gasteiger partial charge on any atom is -0.480 e. The van der Waals surface area contributed by atoms with Crippen molar-refractivity contribution in [3.63, 3.8) is 0 Å². The third kappa shape index (κ3) is 3.23. The number of imidazole rings is 1. The SMILES string of the molecule is C=CCC(NC(=O)Cc1cn2ccccc2n1)C(=O)O. The molecule has 0 aliphatic rings. The summed E-state index contributed by atoms with van der Waals surface area (Å²) in [6.45, 7) is 3.47. The first-order valence-corrected chi connectivity index (χ1v) is 6.16. The van der Waals surface area contributed by atoms with Crippen LogP contribution in [0.5, 0.6) is 0 Å². The van der Waals surface area contributed by atoms with Gasteiger partial charge in [0.05, 0.1) is 12.1 Å². The second-order valence-electron chi connectivity index (χ2n) is 4.36. The molecule has 1 atom stereocenters. The highest BCUT2D eigenvalue weighted by Gasteiger charge is 2.18. The van der Waals surface area contributed by atoms with Gasteiger partial charge in [-0.05, 0) is 18.6 Å². The lowest BCUT2D eigenvalue weighted by Gasteiger charge is -2.11. The summed E-state index contributed by atoms with van der Waals surface area (Å²) in [5.74, 6) is -1.45. The van der Waals surface area contributed by atoms with Crippen molar-refractivity contribution >= 4 is 17.5 Å². The molecule has 20 heavy (non-hydrogen) atoms. The summed E-state index contributed by atoms with van der Waals surface area (Å²) in [7, 11) is 0. The average Bonchev–Trinajstić information content (AvgIpc) is 2.79. The molecule has 2 aromatic heterocycles. The van der Waals surface area contributed by atoms with Gasteiger partial charge in [0.15, 0.2) is 0 Å². The molecule has 6 heteroatoms. The van der Waals surface area contributed by atoms with E-state index in [0.29, 0.717) is 5.69 Å².